The summed E-state index contributed by atoms with van der Waals surface area (Å²) in [5, 5.41) is 37.6. The summed E-state index contributed by atoms with van der Waals surface area (Å²) in [7, 11) is 0. The maximum atomic E-state index is 10.4. The molecule has 0 fully saturated rings. The number of benzene rings is 1. The number of aliphatic hydroxyl groups excluding tert-OH is 1. The number of aliphatic hydroxyl groups is 1. The molecule has 16 heavy (non-hydrogen) atoms. The van der Waals surface area contributed by atoms with Gasteiger partial charge in [-0.15, -0.1) is 0 Å². The number of nitro benzene ring substituents is 1. The molecular weight excluding hydrogens is 218 g/mol. The summed E-state index contributed by atoms with van der Waals surface area (Å²) in [6, 6.07) is 3.05. The minimum absolute atomic E-state index is 0.170. The standard InChI is InChI=1S/C9H9NO6/c11-7-2-1-5(10(15)16)3-6(7)8(12)4-9(13)14/h1-3,8,11-12H,4H2,(H,13,14)/t8-/m0/s1. The minimum Gasteiger partial charge on any atom is -0.508 e. The van der Waals surface area contributed by atoms with Crippen molar-refractivity contribution in [1.29, 1.82) is 0 Å². The van der Waals surface area contributed by atoms with E-state index in [2.05, 4.69) is 0 Å². The zero-order chi connectivity index (χ0) is 12.3. The Labute approximate surface area is 89.7 Å². The molecule has 86 valence electrons. The van der Waals surface area contributed by atoms with Crippen molar-refractivity contribution in [2.24, 2.45) is 0 Å². The van der Waals surface area contributed by atoms with Gasteiger partial charge in [-0.3, -0.25) is 14.9 Å². The Hall–Kier alpha value is -2.15. The van der Waals surface area contributed by atoms with Crippen LogP contribution in [-0.4, -0.2) is 26.2 Å². The van der Waals surface area contributed by atoms with E-state index in [9.17, 15) is 25.1 Å². The van der Waals surface area contributed by atoms with E-state index in [-0.39, 0.29) is 17.0 Å². The molecule has 1 rings (SSSR count). The number of carbonyl (C=O) groups is 1. The second kappa shape index (κ2) is 4.58. The van der Waals surface area contributed by atoms with Gasteiger partial charge in [0.2, 0.25) is 0 Å². The maximum Gasteiger partial charge on any atom is 0.306 e. The van der Waals surface area contributed by atoms with Crippen LogP contribution in [0.15, 0.2) is 18.2 Å². The number of aliphatic carboxylic acids is 1. The van der Waals surface area contributed by atoms with Crippen molar-refractivity contribution < 1.29 is 25.0 Å². The first-order chi connectivity index (χ1) is 7.41. The molecule has 0 saturated carbocycles. The Balaban J connectivity index is 3.06. The van der Waals surface area contributed by atoms with Gasteiger partial charge in [0.25, 0.3) is 5.69 Å². The first-order valence-corrected chi connectivity index (χ1v) is 4.29. The summed E-state index contributed by atoms with van der Waals surface area (Å²) < 4.78 is 0. The van der Waals surface area contributed by atoms with Crippen LogP contribution in [0.5, 0.6) is 5.75 Å². The summed E-state index contributed by atoms with van der Waals surface area (Å²) in [6.45, 7) is 0. The molecule has 0 radical (unpaired) electrons. The lowest BCUT2D eigenvalue weighted by Crippen LogP contribution is -2.06. The second-order valence-corrected chi connectivity index (χ2v) is 3.11. The van der Waals surface area contributed by atoms with Gasteiger partial charge in [0.05, 0.1) is 17.4 Å². The smallest absolute Gasteiger partial charge is 0.306 e. The second-order valence-electron chi connectivity index (χ2n) is 3.11. The highest BCUT2D eigenvalue weighted by atomic mass is 16.6. The van der Waals surface area contributed by atoms with Crippen LogP contribution in [0, 0.1) is 10.1 Å². The average Bonchev–Trinajstić information content (AvgIpc) is 2.16. The normalized spacial score (nSPS) is 12.1. The number of phenols is 1. The summed E-state index contributed by atoms with van der Waals surface area (Å²) in [5.74, 6) is -1.64. The van der Waals surface area contributed by atoms with E-state index in [0.29, 0.717) is 0 Å². The molecule has 0 aromatic heterocycles. The van der Waals surface area contributed by atoms with E-state index in [1.54, 1.807) is 0 Å². The number of rotatable bonds is 4. The van der Waals surface area contributed by atoms with Crippen LogP contribution >= 0.6 is 0 Å². The first kappa shape index (κ1) is 11.9. The Bertz CT molecular complexity index is 430. The Morgan fingerprint density at radius 2 is 2.12 bits per heavy atom. The molecule has 1 aromatic carbocycles. The van der Waals surface area contributed by atoms with Crippen LogP contribution in [0.3, 0.4) is 0 Å². The van der Waals surface area contributed by atoms with E-state index < -0.39 is 23.4 Å². The quantitative estimate of drug-likeness (QED) is 0.516. The van der Waals surface area contributed by atoms with Crippen LogP contribution in [0.4, 0.5) is 5.69 Å². The van der Waals surface area contributed by atoms with Crippen molar-refractivity contribution in [3.8, 4) is 5.75 Å². The van der Waals surface area contributed by atoms with Crippen LogP contribution in [0.25, 0.3) is 0 Å². The Morgan fingerprint density at radius 1 is 1.50 bits per heavy atom. The highest BCUT2D eigenvalue weighted by Crippen LogP contribution is 2.29. The first-order valence-electron chi connectivity index (χ1n) is 4.29. The molecule has 1 aromatic rings. The number of nitrogens with zero attached hydrogens (tertiary/aromatic N) is 1. The van der Waals surface area contributed by atoms with Crippen molar-refractivity contribution in [2.45, 2.75) is 12.5 Å². The molecular formula is C9H9NO6. The number of carboxylic acid groups (broad SMARTS) is 1. The molecule has 0 aliphatic rings. The molecule has 0 heterocycles. The largest absolute Gasteiger partial charge is 0.508 e. The predicted octanol–water partition coefficient (Wildman–Crippen LogP) is 0.808. The monoisotopic (exact) mass is 227 g/mol. The van der Waals surface area contributed by atoms with Gasteiger partial charge in [0.1, 0.15) is 5.75 Å². The van der Waals surface area contributed by atoms with Crippen molar-refractivity contribution in [3.63, 3.8) is 0 Å². The maximum absolute atomic E-state index is 10.4. The van der Waals surface area contributed by atoms with Gasteiger partial charge in [-0.05, 0) is 6.07 Å². The fourth-order valence-corrected chi connectivity index (χ4v) is 1.20. The number of phenolic OH excluding ortho intramolecular Hbond substituents is 1. The molecule has 0 bridgehead atoms. The molecule has 1 atom stereocenters. The fourth-order valence-electron chi connectivity index (χ4n) is 1.20. The van der Waals surface area contributed by atoms with Crippen molar-refractivity contribution in [3.05, 3.63) is 33.9 Å². The van der Waals surface area contributed by atoms with E-state index in [0.717, 1.165) is 18.2 Å². The Kier molecular flexibility index (Phi) is 3.41. The van der Waals surface area contributed by atoms with Crippen molar-refractivity contribution in [1.82, 2.24) is 0 Å². The van der Waals surface area contributed by atoms with Crippen LogP contribution in [0.2, 0.25) is 0 Å². The molecule has 0 saturated heterocycles. The third kappa shape index (κ3) is 2.67. The number of non-ortho nitro benzene ring substituents is 1. The SMILES string of the molecule is O=C(O)C[C@H](O)c1cc([N+](=O)[O-])ccc1O. The molecule has 3 N–H and O–H groups in total. The summed E-state index contributed by atoms with van der Waals surface area (Å²) >= 11 is 0. The van der Waals surface area contributed by atoms with Gasteiger partial charge in [-0.1, -0.05) is 0 Å². The van der Waals surface area contributed by atoms with E-state index in [1.807, 2.05) is 0 Å². The zero-order valence-corrected chi connectivity index (χ0v) is 8.03. The van der Waals surface area contributed by atoms with Crippen LogP contribution in [0.1, 0.15) is 18.1 Å². The van der Waals surface area contributed by atoms with Gasteiger partial charge in [-0.2, -0.15) is 0 Å². The van der Waals surface area contributed by atoms with E-state index in [1.165, 1.54) is 0 Å². The molecule has 0 aliphatic heterocycles. The fraction of sp³-hybridized carbons (Fsp3) is 0.222. The third-order valence-corrected chi connectivity index (χ3v) is 1.95. The topological polar surface area (TPSA) is 121 Å². The molecule has 7 heteroatoms. The van der Waals surface area contributed by atoms with Gasteiger partial charge in [-0.25, -0.2) is 0 Å². The predicted molar refractivity (Wildman–Crippen MR) is 52.0 cm³/mol. The molecule has 0 aliphatic carbocycles. The average molecular weight is 227 g/mol. The molecule has 7 nitrogen and oxygen atoms in total. The summed E-state index contributed by atoms with van der Waals surface area (Å²) in [6.07, 6.45) is -2.10. The van der Waals surface area contributed by atoms with E-state index in [4.69, 9.17) is 5.11 Å². The lowest BCUT2D eigenvalue weighted by Gasteiger charge is -2.09. The van der Waals surface area contributed by atoms with Gasteiger partial charge in [0, 0.05) is 17.7 Å². The van der Waals surface area contributed by atoms with Crippen molar-refractivity contribution >= 4 is 11.7 Å². The van der Waals surface area contributed by atoms with Crippen LogP contribution in [-0.2, 0) is 4.79 Å². The lowest BCUT2D eigenvalue weighted by atomic mass is 10.0. The summed E-state index contributed by atoms with van der Waals surface area (Å²) in [5.41, 5.74) is -0.492. The lowest BCUT2D eigenvalue weighted by molar-refractivity contribution is -0.385. The summed E-state index contributed by atoms with van der Waals surface area (Å²) in [4.78, 5) is 20.1. The number of carboxylic acids is 1. The zero-order valence-electron chi connectivity index (χ0n) is 8.03. The number of hydrogen-bond acceptors (Lipinski definition) is 5. The highest BCUT2D eigenvalue weighted by molar-refractivity contribution is 5.68. The van der Waals surface area contributed by atoms with Crippen LogP contribution < -0.4 is 0 Å². The van der Waals surface area contributed by atoms with Gasteiger partial charge < -0.3 is 15.3 Å². The Morgan fingerprint density at radius 3 is 2.62 bits per heavy atom. The molecule has 0 amide bonds. The number of aromatic hydroxyl groups is 1. The highest BCUT2D eigenvalue weighted by Gasteiger charge is 2.19. The van der Waals surface area contributed by atoms with Crippen molar-refractivity contribution in [2.75, 3.05) is 0 Å². The van der Waals surface area contributed by atoms with E-state index >= 15 is 0 Å². The number of hydrogen-bond donors (Lipinski definition) is 3. The third-order valence-electron chi connectivity index (χ3n) is 1.95. The van der Waals surface area contributed by atoms with Gasteiger partial charge in [0.15, 0.2) is 0 Å². The molecule has 0 unspecified atom stereocenters. The number of nitro groups is 1. The minimum atomic E-state index is -1.47. The van der Waals surface area contributed by atoms with Gasteiger partial charge >= 0.3 is 5.97 Å². The molecule has 0 spiro atoms.